The number of halogens is 3. The van der Waals surface area contributed by atoms with Crippen molar-refractivity contribution in [3.8, 4) is 17.1 Å². The summed E-state index contributed by atoms with van der Waals surface area (Å²) in [6.45, 7) is 0. The molecule has 0 saturated carbocycles. The van der Waals surface area contributed by atoms with Crippen LogP contribution < -0.4 is 16.0 Å². The first-order valence-electron chi connectivity index (χ1n) is 9.91. The maximum absolute atomic E-state index is 14.7. The molecule has 5 aromatic rings. The van der Waals surface area contributed by atoms with Crippen LogP contribution in [0.15, 0.2) is 53.3 Å². The van der Waals surface area contributed by atoms with Gasteiger partial charge < -0.3 is 15.5 Å². The van der Waals surface area contributed by atoms with Crippen molar-refractivity contribution in [2.75, 3.05) is 0 Å². The molecule has 0 aliphatic rings. The van der Waals surface area contributed by atoms with Gasteiger partial charge >= 0.3 is 12.1 Å². The lowest BCUT2D eigenvalue weighted by Crippen LogP contribution is -2.16. The topological polar surface area (TPSA) is 127 Å². The molecule has 2 aromatic heterocycles. The van der Waals surface area contributed by atoms with Gasteiger partial charge in [-0.05, 0) is 47.5 Å². The molecule has 2 heterocycles. The van der Waals surface area contributed by atoms with Crippen LogP contribution in [0.25, 0.3) is 32.9 Å². The van der Waals surface area contributed by atoms with Gasteiger partial charge in [0.25, 0.3) is 5.56 Å². The lowest BCUT2D eigenvalue weighted by Gasteiger charge is -2.10. The smallest absolute Gasteiger partial charge is 0.376 e. The molecule has 0 unspecified atom stereocenters. The molecule has 4 N–H and O–H groups in total. The fourth-order valence-corrected chi connectivity index (χ4v) is 3.81. The predicted molar refractivity (Wildman–Crippen MR) is 117 cm³/mol. The van der Waals surface area contributed by atoms with E-state index in [1.165, 1.54) is 12.1 Å². The Morgan fingerprint density at radius 2 is 1.71 bits per heavy atom. The van der Waals surface area contributed by atoms with E-state index in [-0.39, 0.29) is 29.1 Å². The van der Waals surface area contributed by atoms with Crippen molar-refractivity contribution in [3.05, 3.63) is 87.6 Å². The number of nitrogens with zero attached hydrogens (tertiary/aromatic N) is 2. The van der Waals surface area contributed by atoms with Gasteiger partial charge in [-0.15, -0.1) is 0 Å². The Bertz CT molecular complexity index is 1660. The summed E-state index contributed by atoms with van der Waals surface area (Å²) < 4.78 is 48.1. The molecule has 0 fully saturated rings. The number of primary amides is 1. The van der Waals surface area contributed by atoms with E-state index < -0.39 is 34.5 Å². The van der Waals surface area contributed by atoms with Crippen LogP contribution in [0.2, 0.25) is 0 Å². The highest BCUT2D eigenvalue weighted by Gasteiger charge is 2.17. The first kappa shape index (κ1) is 21.2. The zero-order valence-corrected chi connectivity index (χ0v) is 17.2. The Morgan fingerprint density at radius 3 is 2.47 bits per heavy atom. The number of nitrogens with two attached hydrogens (primary N) is 1. The molecule has 0 aliphatic heterocycles. The molecule has 5 rings (SSSR count). The lowest BCUT2D eigenvalue weighted by molar-refractivity contribution is 0.207. The number of aromatic amines is 2. The molecule has 170 valence electrons. The number of amides is 1. The van der Waals surface area contributed by atoms with Crippen LogP contribution in [-0.2, 0) is 6.42 Å². The Labute approximate surface area is 188 Å². The van der Waals surface area contributed by atoms with Crippen LogP contribution in [0.3, 0.4) is 0 Å². The summed E-state index contributed by atoms with van der Waals surface area (Å²) in [7, 11) is 0. The molecule has 0 bridgehead atoms. The third kappa shape index (κ3) is 3.72. The standard InChI is InChI=1S/C23H14F3N5O3/c24-13-3-1-10(8-18-19-14(25)4-5-15(26)20(19)21(32)31-30-18)7-12(13)11-2-6-16-17(9-11)29-23(28-16)34-22(27)33/h1-7,9H,8H2,(H2,27,33)(H,28,29)(H,31,32). The second kappa shape index (κ2) is 8.03. The van der Waals surface area contributed by atoms with Crippen molar-refractivity contribution in [1.29, 1.82) is 0 Å². The Hall–Kier alpha value is -4.67. The highest BCUT2D eigenvalue weighted by Crippen LogP contribution is 2.29. The highest BCUT2D eigenvalue weighted by atomic mass is 19.1. The minimum absolute atomic E-state index is 0.00380. The van der Waals surface area contributed by atoms with E-state index >= 15 is 0 Å². The number of nitrogens with one attached hydrogen (secondary N) is 2. The van der Waals surface area contributed by atoms with Gasteiger partial charge in [0.1, 0.15) is 17.5 Å². The van der Waals surface area contributed by atoms with Crippen molar-refractivity contribution in [2.24, 2.45) is 5.73 Å². The maximum atomic E-state index is 14.7. The monoisotopic (exact) mass is 465 g/mol. The number of hydrogen-bond acceptors (Lipinski definition) is 5. The molecule has 0 saturated heterocycles. The molecule has 1 amide bonds. The Balaban J connectivity index is 1.56. The average molecular weight is 465 g/mol. The van der Waals surface area contributed by atoms with Crippen molar-refractivity contribution in [1.82, 2.24) is 20.2 Å². The van der Waals surface area contributed by atoms with Crippen molar-refractivity contribution in [3.63, 3.8) is 0 Å². The second-order valence-corrected chi connectivity index (χ2v) is 7.46. The number of H-pyrrole nitrogens is 2. The summed E-state index contributed by atoms with van der Waals surface area (Å²) in [5, 5.41) is 5.42. The van der Waals surface area contributed by atoms with Crippen LogP contribution in [0.4, 0.5) is 18.0 Å². The van der Waals surface area contributed by atoms with Crippen molar-refractivity contribution >= 4 is 27.9 Å². The van der Waals surface area contributed by atoms with Crippen molar-refractivity contribution in [2.45, 2.75) is 6.42 Å². The number of fused-ring (bicyclic) bond motifs is 2. The Kier molecular flexibility index (Phi) is 5.01. The van der Waals surface area contributed by atoms with E-state index in [0.29, 0.717) is 22.2 Å². The zero-order valence-electron chi connectivity index (χ0n) is 17.2. The SMILES string of the molecule is NC(=O)Oc1nc2ccc(-c3cc(Cc4n[nH]c(=O)c5c(F)ccc(F)c45)ccc3F)cc2[nH]1. The van der Waals surface area contributed by atoms with Gasteiger partial charge in [-0.2, -0.15) is 10.1 Å². The highest BCUT2D eigenvalue weighted by molar-refractivity contribution is 5.85. The number of imidazole rings is 1. The number of carbonyl (C=O) groups is 1. The molecule has 0 aliphatic carbocycles. The van der Waals surface area contributed by atoms with Gasteiger partial charge in [0.2, 0.25) is 0 Å². The first-order chi connectivity index (χ1) is 16.3. The first-order valence-corrected chi connectivity index (χ1v) is 9.91. The quantitative estimate of drug-likeness (QED) is 0.371. The summed E-state index contributed by atoms with van der Waals surface area (Å²) in [5.41, 5.74) is 6.45. The summed E-state index contributed by atoms with van der Waals surface area (Å²) >= 11 is 0. The van der Waals surface area contributed by atoms with Gasteiger partial charge in [-0.1, -0.05) is 12.1 Å². The number of ether oxygens (including phenoxy) is 1. The average Bonchev–Trinajstić information content (AvgIpc) is 3.19. The molecule has 8 nitrogen and oxygen atoms in total. The number of rotatable bonds is 4. The normalized spacial score (nSPS) is 11.3. The van der Waals surface area contributed by atoms with E-state index in [4.69, 9.17) is 10.5 Å². The van der Waals surface area contributed by atoms with Gasteiger partial charge in [-0.25, -0.2) is 23.1 Å². The molecule has 3 aromatic carbocycles. The summed E-state index contributed by atoms with van der Waals surface area (Å²) in [6.07, 6.45) is -1.03. The Morgan fingerprint density at radius 1 is 0.971 bits per heavy atom. The number of hydrogen-bond donors (Lipinski definition) is 3. The molecule has 0 radical (unpaired) electrons. The van der Waals surface area contributed by atoms with Gasteiger partial charge in [0.15, 0.2) is 0 Å². The fraction of sp³-hybridized carbons (Fsp3) is 0.0435. The van der Waals surface area contributed by atoms with E-state index in [9.17, 15) is 22.8 Å². The van der Waals surface area contributed by atoms with E-state index in [2.05, 4.69) is 20.2 Å². The number of benzene rings is 3. The van der Waals surface area contributed by atoms with Gasteiger partial charge in [-0.3, -0.25) is 4.79 Å². The lowest BCUT2D eigenvalue weighted by atomic mass is 9.98. The van der Waals surface area contributed by atoms with Crippen LogP contribution in [-0.4, -0.2) is 26.3 Å². The van der Waals surface area contributed by atoms with Crippen LogP contribution >= 0.6 is 0 Å². The molecular formula is C23H14F3N5O3. The van der Waals surface area contributed by atoms with E-state index in [0.717, 1.165) is 12.1 Å². The van der Waals surface area contributed by atoms with Crippen LogP contribution in [0.1, 0.15) is 11.3 Å². The summed E-state index contributed by atoms with van der Waals surface area (Å²) in [4.78, 5) is 29.7. The van der Waals surface area contributed by atoms with Crippen LogP contribution in [0, 0.1) is 17.5 Å². The summed E-state index contributed by atoms with van der Waals surface area (Å²) in [5.74, 6) is -2.17. The van der Waals surface area contributed by atoms with Gasteiger partial charge in [0, 0.05) is 17.4 Å². The maximum Gasteiger partial charge on any atom is 0.412 e. The third-order valence-corrected chi connectivity index (χ3v) is 5.28. The van der Waals surface area contributed by atoms with Gasteiger partial charge in [0.05, 0.1) is 22.1 Å². The number of aromatic nitrogens is 4. The minimum Gasteiger partial charge on any atom is -0.376 e. The largest absolute Gasteiger partial charge is 0.412 e. The van der Waals surface area contributed by atoms with E-state index in [1.807, 2.05) is 0 Å². The summed E-state index contributed by atoms with van der Waals surface area (Å²) in [6, 6.07) is 10.8. The predicted octanol–water partition coefficient (Wildman–Crippen LogP) is 3.93. The number of carbonyl (C=O) groups excluding carboxylic acids is 1. The van der Waals surface area contributed by atoms with Crippen molar-refractivity contribution < 1.29 is 22.7 Å². The molecular weight excluding hydrogens is 451 g/mol. The fourth-order valence-electron chi connectivity index (χ4n) is 3.81. The van der Waals surface area contributed by atoms with E-state index in [1.54, 1.807) is 24.3 Å². The molecule has 11 heteroatoms. The molecule has 34 heavy (non-hydrogen) atoms. The minimum atomic E-state index is -1.03. The molecule has 0 atom stereocenters. The zero-order chi connectivity index (χ0) is 24.0. The third-order valence-electron chi connectivity index (χ3n) is 5.28. The second-order valence-electron chi connectivity index (χ2n) is 7.46. The molecule has 0 spiro atoms. The van der Waals surface area contributed by atoms with Crippen LogP contribution in [0.5, 0.6) is 6.01 Å².